The van der Waals surface area contributed by atoms with Crippen LogP contribution in [0.1, 0.15) is 11.1 Å². The molecule has 0 bridgehead atoms. The molecule has 2 aromatic rings. The maximum atomic E-state index is 13.3. The van der Waals surface area contributed by atoms with Gasteiger partial charge in [0.1, 0.15) is 11.9 Å². The van der Waals surface area contributed by atoms with Gasteiger partial charge in [-0.3, -0.25) is 0 Å². The molecular weight excluding hydrogens is 288 g/mol. The molecule has 0 saturated carbocycles. The fourth-order valence-electron chi connectivity index (χ4n) is 1.56. The number of nitrogens with zero attached hydrogens (tertiary/aromatic N) is 2. The number of halogens is 3. The van der Waals surface area contributed by atoms with Gasteiger partial charge in [-0.05, 0) is 30.7 Å². The van der Waals surface area contributed by atoms with Crippen LogP contribution in [0, 0.1) is 24.1 Å². The number of aryl methyl sites for hydroxylation is 1. The zero-order valence-electron chi connectivity index (χ0n) is 9.84. The molecule has 1 N–H and O–H groups in total. The van der Waals surface area contributed by atoms with Crippen molar-refractivity contribution >= 4 is 34.7 Å². The van der Waals surface area contributed by atoms with E-state index in [4.69, 9.17) is 28.5 Å². The Labute approximate surface area is 119 Å². The molecule has 19 heavy (non-hydrogen) atoms. The highest BCUT2D eigenvalue weighted by molar-refractivity contribution is 6.35. The first-order valence-corrected chi connectivity index (χ1v) is 6.05. The summed E-state index contributed by atoms with van der Waals surface area (Å²) >= 11 is 11.4. The minimum atomic E-state index is -0.674. The normalized spacial score (nSPS) is 10.1. The number of nitrogens with one attached hydrogen (secondary N) is 1. The van der Waals surface area contributed by atoms with Crippen molar-refractivity contribution < 1.29 is 4.39 Å². The molecule has 96 valence electrons. The molecule has 0 unspecified atom stereocenters. The molecule has 3 nitrogen and oxygen atoms in total. The van der Waals surface area contributed by atoms with Gasteiger partial charge in [0.15, 0.2) is 5.82 Å². The number of hydrogen-bond donors (Lipinski definition) is 1. The number of benzene rings is 1. The van der Waals surface area contributed by atoms with E-state index >= 15 is 0 Å². The SMILES string of the molecule is Cc1ccnc(Nc2cc(Cl)c(F)c(Cl)c2)c1C#N. The third-order valence-electron chi connectivity index (χ3n) is 2.52. The van der Waals surface area contributed by atoms with Gasteiger partial charge in [0.25, 0.3) is 0 Å². The first-order chi connectivity index (χ1) is 9.02. The van der Waals surface area contributed by atoms with Crippen LogP contribution in [0.3, 0.4) is 0 Å². The zero-order chi connectivity index (χ0) is 14.0. The van der Waals surface area contributed by atoms with Crippen LogP contribution < -0.4 is 5.32 Å². The van der Waals surface area contributed by atoms with Crippen molar-refractivity contribution in [3.05, 3.63) is 51.4 Å². The second kappa shape index (κ2) is 5.43. The van der Waals surface area contributed by atoms with Crippen molar-refractivity contribution in [1.29, 1.82) is 5.26 Å². The zero-order valence-corrected chi connectivity index (χ0v) is 11.3. The van der Waals surface area contributed by atoms with Gasteiger partial charge in [-0.2, -0.15) is 5.26 Å². The predicted octanol–water partition coefficient (Wildman–Crippen LogP) is 4.45. The number of anilines is 2. The van der Waals surface area contributed by atoms with E-state index in [-0.39, 0.29) is 10.0 Å². The highest BCUT2D eigenvalue weighted by Gasteiger charge is 2.10. The van der Waals surface area contributed by atoms with Crippen molar-refractivity contribution in [2.24, 2.45) is 0 Å². The third-order valence-corrected chi connectivity index (χ3v) is 3.07. The summed E-state index contributed by atoms with van der Waals surface area (Å²) in [6, 6.07) is 6.56. The summed E-state index contributed by atoms with van der Waals surface area (Å²) in [5.41, 5.74) is 1.67. The molecule has 2 rings (SSSR count). The number of rotatable bonds is 2. The van der Waals surface area contributed by atoms with E-state index < -0.39 is 5.82 Å². The van der Waals surface area contributed by atoms with Crippen LogP contribution in [0.2, 0.25) is 10.0 Å². The number of nitriles is 1. The standard InChI is InChI=1S/C13H8Cl2FN3/c1-7-2-3-18-13(9(7)6-17)19-8-4-10(14)12(16)11(15)5-8/h2-5H,1H3,(H,18,19). The molecule has 0 fully saturated rings. The van der Waals surface area contributed by atoms with Crippen LogP contribution in [0.25, 0.3) is 0 Å². The van der Waals surface area contributed by atoms with E-state index in [9.17, 15) is 4.39 Å². The van der Waals surface area contributed by atoms with Crippen molar-refractivity contribution in [3.8, 4) is 6.07 Å². The van der Waals surface area contributed by atoms with E-state index in [2.05, 4.69) is 16.4 Å². The molecule has 1 aromatic heterocycles. The van der Waals surface area contributed by atoms with Crippen LogP contribution >= 0.6 is 23.2 Å². The van der Waals surface area contributed by atoms with Crippen LogP contribution in [-0.2, 0) is 0 Å². The van der Waals surface area contributed by atoms with E-state index in [0.29, 0.717) is 17.1 Å². The van der Waals surface area contributed by atoms with Crippen LogP contribution in [0.5, 0.6) is 0 Å². The first-order valence-electron chi connectivity index (χ1n) is 5.30. The second-order valence-corrected chi connectivity index (χ2v) is 4.66. The average Bonchev–Trinajstić information content (AvgIpc) is 2.36. The second-order valence-electron chi connectivity index (χ2n) is 3.84. The lowest BCUT2D eigenvalue weighted by Gasteiger charge is -2.10. The Morgan fingerprint density at radius 2 is 1.95 bits per heavy atom. The van der Waals surface area contributed by atoms with Gasteiger partial charge in [-0.15, -0.1) is 0 Å². The van der Waals surface area contributed by atoms with Gasteiger partial charge in [0.05, 0.1) is 15.6 Å². The summed E-state index contributed by atoms with van der Waals surface area (Å²) in [5.74, 6) is -0.298. The van der Waals surface area contributed by atoms with Crippen molar-refractivity contribution in [2.45, 2.75) is 6.92 Å². The molecule has 0 saturated heterocycles. The largest absolute Gasteiger partial charge is 0.339 e. The summed E-state index contributed by atoms with van der Waals surface area (Å²) in [6.45, 7) is 1.80. The minimum absolute atomic E-state index is 0.0961. The molecule has 0 spiro atoms. The van der Waals surface area contributed by atoms with Crippen LogP contribution in [0.15, 0.2) is 24.4 Å². The quantitative estimate of drug-likeness (QED) is 0.833. The van der Waals surface area contributed by atoms with E-state index in [1.807, 2.05) is 0 Å². The van der Waals surface area contributed by atoms with Crippen molar-refractivity contribution in [2.75, 3.05) is 5.32 Å². The van der Waals surface area contributed by atoms with Gasteiger partial charge in [-0.25, -0.2) is 9.37 Å². The average molecular weight is 296 g/mol. The molecule has 0 radical (unpaired) electrons. The molecule has 6 heteroatoms. The lowest BCUT2D eigenvalue weighted by Crippen LogP contribution is -1.99. The number of pyridine rings is 1. The molecule has 0 amide bonds. The maximum absolute atomic E-state index is 13.3. The number of aromatic nitrogens is 1. The van der Waals surface area contributed by atoms with Gasteiger partial charge in [0, 0.05) is 11.9 Å². The Kier molecular flexibility index (Phi) is 3.89. The highest BCUT2D eigenvalue weighted by Crippen LogP contribution is 2.29. The lowest BCUT2D eigenvalue weighted by molar-refractivity contribution is 0.629. The van der Waals surface area contributed by atoms with E-state index in [1.54, 1.807) is 19.2 Å². The molecule has 0 aliphatic rings. The molecule has 0 aliphatic heterocycles. The minimum Gasteiger partial charge on any atom is -0.339 e. The monoisotopic (exact) mass is 295 g/mol. The van der Waals surface area contributed by atoms with Gasteiger partial charge < -0.3 is 5.32 Å². The molecule has 1 aromatic carbocycles. The highest BCUT2D eigenvalue weighted by atomic mass is 35.5. The van der Waals surface area contributed by atoms with E-state index in [1.165, 1.54) is 12.1 Å². The first kappa shape index (κ1) is 13.6. The summed E-state index contributed by atoms with van der Waals surface area (Å²) in [7, 11) is 0. The smallest absolute Gasteiger partial charge is 0.160 e. The summed E-state index contributed by atoms with van der Waals surface area (Å²) in [4.78, 5) is 4.07. The fourth-order valence-corrected chi connectivity index (χ4v) is 2.05. The Morgan fingerprint density at radius 1 is 1.32 bits per heavy atom. The van der Waals surface area contributed by atoms with Gasteiger partial charge >= 0.3 is 0 Å². The Balaban J connectivity index is 2.43. The molecular formula is C13H8Cl2FN3. The topological polar surface area (TPSA) is 48.7 Å². The van der Waals surface area contributed by atoms with E-state index in [0.717, 1.165) is 5.56 Å². The number of hydrogen-bond acceptors (Lipinski definition) is 3. The summed E-state index contributed by atoms with van der Waals surface area (Å²) in [5, 5.41) is 11.8. The fraction of sp³-hybridized carbons (Fsp3) is 0.0769. The lowest BCUT2D eigenvalue weighted by atomic mass is 10.1. The van der Waals surface area contributed by atoms with Crippen molar-refractivity contribution in [1.82, 2.24) is 4.98 Å². The molecule has 1 heterocycles. The van der Waals surface area contributed by atoms with Crippen LogP contribution in [-0.4, -0.2) is 4.98 Å². The van der Waals surface area contributed by atoms with Gasteiger partial charge in [-0.1, -0.05) is 23.2 Å². The summed E-state index contributed by atoms with van der Waals surface area (Å²) in [6.07, 6.45) is 1.57. The van der Waals surface area contributed by atoms with Crippen LogP contribution in [0.4, 0.5) is 15.9 Å². The third kappa shape index (κ3) is 2.78. The Bertz CT molecular complexity index is 657. The maximum Gasteiger partial charge on any atom is 0.160 e. The molecule has 0 atom stereocenters. The van der Waals surface area contributed by atoms with Gasteiger partial charge in [0.2, 0.25) is 0 Å². The summed E-state index contributed by atoms with van der Waals surface area (Å²) < 4.78 is 13.3. The Hall–Kier alpha value is -1.83. The predicted molar refractivity (Wildman–Crippen MR) is 73.4 cm³/mol. The molecule has 0 aliphatic carbocycles. The van der Waals surface area contributed by atoms with Crippen molar-refractivity contribution in [3.63, 3.8) is 0 Å². The Morgan fingerprint density at radius 3 is 2.53 bits per heavy atom.